The third-order valence-electron chi connectivity index (χ3n) is 17.1. The average Bonchev–Trinajstić information content (AvgIpc) is 1.35. The molecule has 3 rings (SSSR count). The van der Waals surface area contributed by atoms with Gasteiger partial charge in [-0.2, -0.15) is 11.8 Å². The molecule has 0 radical (unpaired) electrons. The molecule has 107 heavy (non-hydrogen) atoms. The van der Waals surface area contributed by atoms with Crippen LogP contribution in [0.25, 0.3) is 0 Å². The van der Waals surface area contributed by atoms with Crippen LogP contribution in [0, 0.1) is 11.8 Å². The molecule has 41 heteroatoms. The Morgan fingerprint density at radius 1 is 0.589 bits per heavy atom. The first-order valence-corrected chi connectivity index (χ1v) is 36.2. The van der Waals surface area contributed by atoms with Crippen LogP contribution in [0.1, 0.15) is 136 Å². The second-order valence-electron chi connectivity index (χ2n) is 26.4. The summed E-state index contributed by atoms with van der Waals surface area (Å²) >= 11 is 1.33. The number of benzene rings is 1. The number of nitrogens with one attached hydrogen (secondary N) is 11. The number of aliphatic imine (C=N–C) groups is 1. The SMILES string of the molecule is CC[C@H](C)[C@H](NC(=O)[C@H](CCC(N)=O)NC(=O)[C@@H]1CCCN1C(=O)[C@H](Cc1cnc[nH]1)NC(=O)[C@@H](N)CCC(N)=O)C(=O)N[C@@H](CC(N)=O)C(=O)N[C@@H](CCC(N)=O)C(=O)N[C@H](C(=O)N[C@@H](CC(C)C)C(=O)N[C@@H](Cc1ccc(O)cc1)C(=O)N[C@@H](CCCN=C(N)N)C(=O)N[C@@H](CCSC)C(=O)O)[C@@H](C)O. The lowest BCUT2D eigenvalue weighted by molar-refractivity contribution is -0.142. The number of guanidine groups is 1. The van der Waals surface area contributed by atoms with Crippen molar-refractivity contribution in [2.24, 2.45) is 57.0 Å². The number of amides is 15. The lowest BCUT2D eigenvalue weighted by atomic mass is 9.96. The number of H-pyrrole nitrogens is 1. The molecule has 1 fully saturated rings. The standard InChI is InChI=1S/C66H105N21O19S/c1-7-33(4)52(85-56(96)41(18-21-50(70)92)79-61(101)47-11-9-24-87(47)64(104)46(28-36-30-74-31-76-36)84-54(94)38(67)16-19-48(68)90)62(102)83-45(29-51(71)93)60(100)78-40(17-20-49(69)91)57(97)86-53(34(5)88)63(103)82-43(26-32(2)3)58(98)81-44(27-35-12-14-37(89)15-13-35)59(99)77-39(10-8-23-75-66(72)73)55(95)80-42(65(105)106)22-25-107-6/h12-15,30-34,38-47,52-53,88-89H,7-11,16-29,67H2,1-6H3,(H2,68,90)(H2,69,91)(H2,70,92)(H2,71,93)(H,74,76)(H,77,99)(H,78,100)(H,79,101)(H,80,95)(H,81,98)(H,82,103)(H,83,102)(H,84,94)(H,85,96)(H,86,97)(H,105,106)(H4,72,73,75)/t33-,34+,38-,39-,40-,41-,42-,43-,44-,45-,46-,47-,52-,53-/m0/s1. The third-order valence-corrected chi connectivity index (χ3v) is 17.8. The summed E-state index contributed by atoms with van der Waals surface area (Å²) in [6.07, 6.45) is -0.982. The van der Waals surface area contributed by atoms with Gasteiger partial charge in [0, 0.05) is 57.1 Å². The van der Waals surface area contributed by atoms with Gasteiger partial charge in [0.05, 0.1) is 24.9 Å². The first-order valence-electron chi connectivity index (χ1n) is 34.8. The fourth-order valence-electron chi connectivity index (χ4n) is 11.1. The highest BCUT2D eigenvalue weighted by Gasteiger charge is 2.42. The van der Waals surface area contributed by atoms with E-state index >= 15 is 0 Å². The van der Waals surface area contributed by atoms with E-state index in [1.807, 2.05) is 0 Å². The Morgan fingerprint density at radius 3 is 1.62 bits per heavy atom. The lowest BCUT2D eigenvalue weighted by Gasteiger charge is -2.31. The monoisotopic (exact) mass is 1530 g/mol. The van der Waals surface area contributed by atoms with Crippen LogP contribution in [0.5, 0.6) is 5.75 Å². The number of aromatic hydroxyl groups is 1. The first kappa shape index (κ1) is 90.5. The number of aromatic amines is 1. The Kier molecular flexibility index (Phi) is 38.6. The molecule has 1 aliphatic rings. The van der Waals surface area contributed by atoms with E-state index in [-0.39, 0.29) is 95.4 Å². The van der Waals surface area contributed by atoms with E-state index in [1.54, 1.807) is 27.0 Å². The maximum absolute atomic E-state index is 14.5. The fourth-order valence-corrected chi connectivity index (χ4v) is 11.6. The topological polar surface area (TPSA) is 681 Å². The summed E-state index contributed by atoms with van der Waals surface area (Å²) in [5.41, 5.74) is 39.5. The number of carbonyl (C=O) groups excluding carboxylic acids is 15. The number of nitrogens with zero attached hydrogens (tertiary/aromatic N) is 3. The van der Waals surface area contributed by atoms with Crippen LogP contribution in [0.4, 0.5) is 0 Å². The predicted octanol–water partition coefficient (Wildman–Crippen LogP) is -6.90. The summed E-state index contributed by atoms with van der Waals surface area (Å²) < 4.78 is 0. The Balaban J connectivity index is 1.94. The minimum absolute atomic E-state index is 0.00251. The van der Waals surface area contributed by atoms with Gasteiger partial charge in [-0.05, 0) is 106 Å². The molecule has 0 aliphatic carbocycles. The summed E-state index contributed by atoms with van der Waals surface area (Å²) in [5.74, 6) is -17.7. The summed E-state index contributed by atoms with van der Waals surface area (Å²) in [5, 5.41) is 55.7. The van der Waals surface area contributed by atoms with Gasteiger partial charge in [0.25, 0.3) is 0 Å². The van der Waals surface area contributed by atoms with Crippen molar-refractivity contribution in [1.29, 1.82) is 0 Å². The van der Waals surface area contributed by atoms with E-state index in [9.17, 15) is 92.0 Å². The van der Waals surface area contributed by atoms with Crippen molar-refractivity contribution in [1.82, 2.24) is 68.0 Å². The predicted molar refractivity (Wildman–Crippen MR) is 386 cm³/mol. The number of imidazole rings is 1. The largest absolute Gasteiger partial charge is 0.508 e. The molecular formula is C66H105N21O19S. The van der Waals surface area contributed by atoms with E-state index < -0.39 is 217 Å². The van der Waals surface area contributed by atoms with Gasteiger partial charge in [-0.1, -0.05) is 46.2 Å². The van der Waals surface area contributed by atoms with Crippen LogP contribution in [0.3, 0.4) is 0 Å². The molecule has 0 unspecified atom stereocenters. The molecule has 1 saturated heterocycles. The Labute approximate surface area is 621 Å². The molecule has 40 nitrogen and oxygen atoms in total. The van der Waals surface area contributed by atoms with Crippen molar-refractivity contribution >= 4 is 112 Å². The maximum atomic E-state index is 14.5. The number of aromatic nitrogens is 2. The minimum Gasteiger partial charge on any atom is -0.508 e. The number of hydrogen-bond acceptors (Lipinski definition) is 22. The second kappa shape index (κ2) is 45.6. The van der Waals surface area contributed by atoms with Gasteiger partial charge < -0.3 is 119 Å². The van der Waals surface area contributed by atoms with Crippen molar-refractivity contribution in [3.8, 4) is 5.75 Å². The molecule has 594 valence electrons. The number of carboxylic acid groups (broad SMARTS) is 1. The zero-order valence-electron chi connectivity index (χ0n) is 60.7. The van der Waals surface area contributed by atoms with Crippen molar-refractivity contribution in [2.45, 2.75) is 216 Å². The smallest absolute Gasteiger partial charge is 0.326 e. The Hall–Kier alpha value is -10.7. The van der Waals surface area contributed by atoms with Crippen LogP contribution < -0.4 is 93.3 Å². The molecule has 28 N–H and O–H groups in total. The molecule has 14 atom stereocenters. The number of phenolic OH excluding ortho intramolecular Hbond substituents is 1. The number of primary amides is 4. The third kappa shape index (κ3) is 32.3. The number of rotatable bonds is 49. The van der Waals surface area contributed by atoms with Crippen molar-refractivity contribution in [3.63, 3.8) is 0 Å². The summed E-state index contributed by atoms with van der Waals surface area (Å²) in [4.78, 5) is 229. The number of aliphatic carboxylic acids is 1. The van der Waals surface area contributed by atoms with Gasteiger partial charge in [-0.15, -0.1) is 0 Å². The number of likely N-dealkylation sites (tertiary alicyclic amines) is 1. The van der Waals surface area contributed by atoms with Crippen LogP contribution in [-0.4, -0.2) is 234 Å². The molecule has 1 aromatic heterocycles. The van der Waals surface area contributed by atoms with Gasteiger partial charge in [0.2, 0.25) is 88.6 Å². The van der Waals surface area contributed by atoms with Gasteiger partial charge in [0.15, 0.2) is 5.96 Å². The zero-order chi connectivity index (χ0) is 80.4. The molecule has 0 bridgehead atoms. The highest BCUT2D eigenvalue weighted by molar-refractivity contribution is 7.98. The van der Waals surface area contributed by atoms with Crippen LogP contribution in [-0.2, 0) is 89.6 Å². The normalized spacial score (nSPS) is 16.2. The highest BCUT2D eigenvalue weighted by Crippen LogP contribution is 2.22. The molecule has 1 aliphatic heterocycles. The molecule has 0 spiro atoms. The molecule has 2 aromatic rings. The number of hydrogen-bond donors (Lipinski definition) is 21. The van der Waals surface area contributed by atoms with Gasteiger partial charge >= 0.3 is 5.97 Å². The number of thioether (sulfide) groups is 1. The van der Waals surface area contributed by atoms with Crippen LogP contribution in [0.15, 0.2) is 41.8 Å². The quantitative estimate of drug-likeness (QED) is 0.0166. The van der Waals surface area contributed by atoms with Crippen molar-refractivity contribution in [3.05, 3.63) is 48.0 Å². The van der Waals surface area contributed by atoms with E-state index in [2.05, 4.69) is 68.1 Å². The molecule has 15 amide bonds. The minimum atomic E-state index is -1.98. The summed E-state index contributed by atoms with van der Waals surface area (Å²) in [6.45, 7) is 7.56. The highest BCUT2D eigenvalue weighted by atomic mass is 32.2. The van der Waals surface area contributed by atoms with Crippen molar-refractivity contribution < 1.29 is 92.0 Å². The summed E-state index contributed by atoms with van der Waals surface area (Å²) in [7, 11) is 0. The zero-order valence-corrected chi connectivity index (χ0v) is 61.5. The molecular weight excluding hydrogens is 1420 g/mol. The van der Waals surface area contributed by atoms with E-state index in [1.165, 1.54) is 60.4 Å². The van der Waals surface area contributed by atoms with Crippen LogP contribution >= 0.6 is 11.8 Å². The lowest BCUT2D eigenvalue weighted by Crippen LogP contribution is -2.62. The Morgan fingerprint density at radius 2 is 1.08 bits per heavy atom. The van der Waals surface area contributed by atoms with Crippen LogP contribution in [0.2, 0.25) is 0 Å². The van der Waals surface area contributed by atoms with Gasteiger partial charge in [0.1, 0.15) is 72.2 Å². The Bertz CT molecular complexity index is 3430. The number of nitrogens with two attached hydrogens (primary N) is 7. The van der Waals surface area contributed by atoms with Gasteiger partial charge in [-0.25, -0.2) is 9.78 Å². The first-order chi connectivity index (χ1) is 50.3. The fraction of sp³-hybridized carbons (Fsp3) is 0.606. The molecule has 0 saturated carbocycles. The number of aliphatic hydroxyl groups is 1. The van der Waals surface area contributed by atoms with Crippen molar-refractivity contribution in [2.75, 3.05) is 25.1 Å². The van der Waals surface area contributed by atoms with E-state index in [0.717, 1.165) is 6.92 Å². The summed E-state index contributed by atoms with van der Waals surface area (Å²) in [6, 6.07) is -13.3. The molecule has 2 heterocycles. The maximum Gasteiger partial charge on any atom is 0.326 e. The number of carboxylic acids is 1. The second-order valence-corrected chi connectivity index (χ2v) is 27.4. The number of aliphatic hydroxyl groups excluding tert-OH is 1. The molecule has 1 aromatic carbocycles. The number of carbonyl (C=O) groups is 16. The number of phenols is 1. The van der Waals surface area contributed by atoms with E-state index in [4.69, 9.17) is 40.1 Å². The van der Waals surface area contributed by atoms with E-state index in [0.29, 0.717) is 17.0 Å². The van der Waals surface area contributed by atoms with Gasteiger partial charge in [-0.3, -0.25) is 76.9 Å². The average molecular weight is 1530 g/mol.